The summed E-state index contributed by atoms with van der Waals surface area (Å²) in [5.41, 5.74) is -0.212. The van der Waals surface area contributed by atoms with Gasteiger partial charge < -0.3 is 14.8 Å². The molecule has 0 aliphatic carbocycles. The summed E-state index contributed by atoms with van der Waals surface area (Å²) in [6.45, 7) is 7.33. The van der Waals surface area contributed by atoms with Gasteiger partial charge in [0, 0.05) is 6.20 Å². The molecule has 21 heavy (non-hydrogen) atoms. The van der Waals surface area contributed by atoms with Gasteiger partial charge in [-0.25, -0.2) is 4.79 Å². The van der Waals surface area contributed by atoms with Crippen molar-refractivity contribution >= 4 is 11.9 Å². The number of methoxy groups -OCH3 is 1. The van der Waals surface area contributed by atoms with Gasteiger partial charge in [0.2, 0.25) is 0 Å². The van der Waals surface area contributed by atoms with Crippen LogP contribution < -0.4 is 5.32 Å². The normalized spacial score (nSPS) is 14.1. The molecule has 1 unspecified atom stereocenters. The summed E-state index contributed by atoms with van der Waals surface area (Å²) in [5.74, 6) is -1.01. The van der Waals surface area contributed by atoms with Gasteiger partial charge in [0.25, 0.3) is 5.91 Å². The van der Waals surface area contributed by atoms with Gasteiger partial charge in [-0.1, -0.05) is 6.07 Å². The fourth-order valence-electron chi connectivity index (χ4n) is 1.83. The fraction of sp³-hybridized carbons (Fsp3) is 0.533. The van der Waals surface area contributed by atoms with Crippen LogP contribution in [0.1, 0.15) is 38.2 Å². The smallest absolute Gasteiger partial charge is 0.331 e. The maximum Gasteiger partial charge on any atom is 0.331 e. The van der Waals surface area contributed by atoms with Gasteiger partial charge in [-0.05, 0) is 39.8 Å². The molecule has 0 saturated heterocycles. The Morgan fingerprint density at radius 3 is 2.43 bits per heavy atom. The molecular formula is C15H22N2O4. The number of amides is 1. The summed E-state index contributed by atoms with van der Waals surface area (Å²) in [7, 11) is 1.27. The quantitative estimate of drug-likeness (QED) is 0.834. The first-order valence-corrected chi connectivity index (χ1v) is 6.72. The first-order valence-electron chi connectivity index (χ1n) is 6.72. The molecule has 0 bridgehead atoms. The summed E-state index contributed by atoms with van der Waals surface area (Å²) >= 11 is 0. The second-order valence-corrected chi connectivity index (χ2v) is 5.62. The number of pyridine rings is 1. The van der Waals surface area contributed by atoms with Crippen molar-refractivity contribution in [3.63, 3.8) is 0 Å². The number of aromatic nitrogens is 1. The SMILES string of the molecule is COC(=O)[C@@H](NC(=O)c1ccccn1)C(C)OC(C)(C)C. The summed E-state index contributed by atoms with van der Waals surface area (Å²) in [5, 5.41) is 2.61. The van der Waals surface area contributed by atoms with Crippen LogP contribution >= 0.6 is 0 Å². The minimum absolute atomic E-state index is 0.231. The molecule has 0 fully saturated rings. The van der Waals surface area contributed by atoms with Gasteiger partial charge in [-0.3, -0.25) is 9.78 Å². The van der Waals surface area contributed by atoms with Crippen molar-refractivity contribution in [3.8, 4) is 0 Å². The molecule has 116 valence electrons. The Morgan fingerprint density at radius 1 is 1.29 bits per heavy atom. The van der Waals surface area contributed by atoms with E-state index in [2.05, 4.69) is 10.3 Å². The van der Waals surface area contributed by atoms with Crippen LogP contribution in [0.4, 0.5) is 0 Å². The van der Waals surface area contributed by atoms with E-state index in [4.69, 9.17) is 9.47 Å². The maximum atomic E-state index is 12.1. The van der Waals surface area contributed by atoms with E-state index in [0.29, 0.717) is 0 Å². The molecule has 6 heteroatoms. The summed E-state index contributed by atoms with van der Waals surface area (Å²) < 4.78 is 10.5. The molecule has 0 spiro atoms. The number of hydrogen-bond acceptors (Lipinski definition) is 5. The highest BCUT2D eigenvalue weighted by Crippen LogP contribution is 2.14. The third-order valence-corrected chi connectivity index (χ3v) is 2.65. The third-order valence-electron chi connectivity index (χ3n) is 2.65. The van der Waals surface area contributed by atoms with Crippen molar-refractivity contribution in [2.75, 3.05) is 7.11 Å². The van der Waals surface area contributed by atoms with Crippen molar-refractivity contribution in [3.05, 3.63) is 30.1 Å². The number of carbonyl (C=O) groups excluding carboxylic acids is 2. The van der Waals surface area contributed by atoms with Crippen molar-refractivity contribution in [2.24, 2.45) is 0 Å². The highest BCUT2D eigenvalue weighted by molar-refractivity contribution is 5.95. The number of nitrogens with zero attached hydrogens (tertiary/aromatic N) is 1. The second-order valence-electron chi connectivity index (χ2n) is 5.62. The predicted octanol–water partition coefficient (Wildman–Crippen LogP) is 1.56. The number of ether oxygens (including phenoxy) is 2. The average Bonchev–Trinajstić information content (AvgIpc) is 2.42. The monoisotopic (exact) mass is 294 g/mol. The lowest BCUT2D eigenvalue weighted by molar-refractivity contribution is -0.150. The first kappa shape index (κ1) is 17.1. The molecular weight excluding hydrogens is 272 g/mol. The Labute approximate surface area is 124 Å². The standard InChI is InChI=1S/C15H22N2O4/c1-10(21-15(2,3)4)12(14(19)20-5)17-13(18)11-8-6-7-9-16-11/h6-10,12H,1-5H3,(H,17,18)/t10?,12-/m0/s1. The lowest BCUT2D eigenvalue weighted by Gasteiger charge is -2.29. The van der Waals surface area contributed by atoms with E-state index >= 15 is 0 Å². The number of hydrogen-bond donors (Lipinski definition) is 1. The number of carbonyl (C=O) groups is 2. The Bertz CT molecular complexity index is 482. The molecule has 0 aliphatic heterocycles. The number of rotatable bonds is 5. The molecule has 1 heterocycles. The average molecular weight is 294 g/mol. The minimum atomic E-state index is -0.899. The Morgan fingerprint density at radius 2 is 1.95 bits per heavy atom. The van der Waals surface area contributed by atoms with E-state index in [1.165, 1.54) is 13.3 Å². The molecule has 0 saturated carbocycles. The molecule has 1 aromatic rings. The van der Waals surface area contributed by atoms with Crippen LogP contribution in [0, 0.1) is 0 Å². The first-order chi connectivity index (χ1) is 9.74. The van der Waals surface area contributed by atoms with Gasteiger partial charge in [-0.15, -0.1) is 0 Å². The number of esters is 1. The van der Waals surface area contributed by atoms with Gasteiger partial charge in [0.05, 0.1) is 18.8 Å². The molecule has 0 aliphatic rings. The number of nitrogens with one attached hydrogen (secondary N) is 1. The molecule has 2 atom stereocenters. The highest BCUT2D eigenvalue weighted by Gasteiger charge is 2.31. The van der Waals surface area contributed by atoms with Crippen LogP contribution in [0.3, 0.4) is 0 Å². The third kappa shape index (κ3) is 5.51. The summed E-state index contributed by atoms with van der Waals surface area (Å²) in [6.07, 6.45) is 0.974. The molecule has 1 aromatic heterocycles. The zero-order valence-corrected chi connectivity index (χ0v) is 13.0. The molecule has 1 rings (SSSR count). The van der Waals surface area contributed by atoms with Gasteiger partial charge in [-0.2, -0.15) is 0 Å². The van der Waals surface area contributed by atoms with Gasteiger partial charge >= 0.3 is 5.97 Å². The van der Waals surface area contributed by atoms with Crippen molar-refractivity contribution < 1.29 is 19.1 Å². The van der Waals surface area contributed by atoms with Crippen LogP contribution in [0.15, 0.2) is 24.4 Å². The highest BCUT2D eigenvalue weighted by atomic mass is 16.5. The zero-order valence-electron chi connectivity index (χ0n) is 13.0. The van der Waals surface area contributed by atoms with Crippen molar-refractivity contribution in [1.29, 1.82) is 0 Å². The summed E-state index contributed by atoms with van der Waals surface area (Å²) in [4.78, 5) is 27.9. The van der Waals surface area contributed by atoms with Crippen LogP contribution in [0.2, 0.25) is 0 Å². The Balaban J connectivity index is 2.84. The molecule has 6 nitrogen and oxygen atoms in total. The summed E-state index contributed by atoms with van der Waals surface area (Å²) in [6, 6.07) is 4.08. The zero-order chi connectivity index (χ0) is 16.0. The lowest BCUT2D eigenvalue weighted by Crippen LogP contribution is -2.51. The Kier molecular flexibility index (Phi) is 5.84. The van der Waals surface area contributed by atoms with E-state index in [9.17, 15) is 9.59 Å². The van der Waals surface area contributed by atoms with Gasteiger partial charge in [0.1, 0.15) is 5.69 Å². The van der Waals surface area contributed by atoms with E-state index in [1.54, 1.807) is 25.1 Å². The molecule has 0 aromatic carbocycles. The second kappa shape index (κ2) is 7.17. The van der Waals surface area contributed by atoms with Crippen LogP contribution in [-0.4, -0.2) is 41.7 Å². The lowest BCUT2D eigenvalue weighted by atomic mass is 10.1. The maximum absolute atomic E-state index is 12.1. The Hall–Kier alpha value is -1.95. The van der Waals surface area contributed by atoms with Crippen LogP contribution in [0.5, 0.6) is 0 Å². The van der Waals surface area contributed by atoms with E-state index in [-0.39, 0.29) is 5.69 Å². The topological polar surface area (TPSA) is 77.5 Å². The predicted molar refractivity (Wildman–Crippen MR) is 77.8 cm³/mol. The largest absolute Gasteiger partial charge is 0.467 e. The van der Waals surface area contributed by atoms with Crippen LogP contribution in [-0.2, 0) is 14.3 Å². The van der Waals surface area contributed by atoms with Crippen molar-refractivity contribution in [2.45, 2.75) is 45.4 Å². The van der Waals surface area contributed by atoms with Crippen LogP contribution in [0.25, 0.3) is 0 Å². The van der Waals surface area contributed by atoms with Crippen molar-refractivity contribution in [1.82, 2.24) is 10.3 Å². The fourth-order valence-corrected chi connectivity index (χ4v) is 1.83. The molecule has 1 amide bonds. The van der Waals surface area contributed by atoms with E-state index in [0.717, 1.165) is 0 Å². The van der Waals surface area contributed by atoms with E-state index < -0.39 is 29.6 Å². The van der Waals surface area contributed by atoms with Gasteiger partial charge in [0.15, 0.2) is 6.04 Å². The molecule has 1 N–H and O–H groups in total. The van der Waals surface area contributed by atoms with E-state index in [1.807, 2.05) is 20.8 Å². The molecule has 0 radical (unpaired) electrons. The minimum Gasteiger partial charge on any atom is -0.467 e.